The molecule has 2 heterocycles. The van der Waals surface area contributed by atoms with Gasteiger partial charge in [0.15, 0.2) is 5.65 Å². The molecule has 2 rings (SSSR count). The third kappa shape index (κ3) is 2.16. The summed E-state index contributed by atoms with van der Waals surface area (Å²) in [4.78, 5) is 22.9. The lowest BCUT2D eigenvalue weighted by Crippen LogP contribution is -2.25. The van der Waals surface area contributed by atoms with Crippen molar-refractivity contribution in [1.82, 2.24) is 20.3 Å². The van der Waals surface area contributed by atoms with E-state index in [1.165, 1.54) is 6.20 Å². The van der Waals surface area contributed by atoms with Gasteiger partial charge in [-0.15, -0.1) is 0 Å². The van der Waals surface area contributed by atoms with Crippen LogP contribution in [0.15, 0.2) is 12.3 Å². The maximum atomic E-state index is 11.6. The maximum Gasteiger partial charge on any atom is 0.252 e. The van der Waals surface area contributed by atoms with Crippen LogP contribution in [0.1, 0.15) is 16.2 Å². The fraction of sp³-hybridized carbons (Fsp3) is 0.300. The Hall–Kier alpha value is -1.56. The minimum atomic E-state index is -0.143. The molecule has 2 N–H and O–H groups in total. The van der Waals surface area contributed by atoms with E-state index in [1.54, 1.807) is 6.07 Å². The second kappa shape index (κ2) is 4.52. The quantitative estimate of drug-likeness (QED) is 0.694. The van der Waals surface area contributed by atoms with E-state index < -0.39 is 0 Å². The first-order valence-electron chi connectivity index (χ1n) is 4.92. The van der Waals surface area contributed by atoms with Crippen molar-refractivity contribution in [2.75, 3.05) is 12.3 Å². The number of aryl methyl sites for hydroxylation is 1. The summed E-state index contributed by atoms with van der Waals surface area (Å²) in [6, 6.07) is 1.75. The van der Waals surface area contributed by atoms with Gasteiger partial charge in [-0.25, -0.2) is 9.97 Å². The molecule has 6 heteroatoms. The molecule has 0 saturated heterocycles. The van der Waals surface area contributed by atoms with Gasteiger partial charge in [-0.3, -0.25) is 4.79 Å². The van der Waals surface area contributed by atoms with Crippen LogP contribution in [0, 0.1) is 6.92 Å². The Morgan fingerprint density at radius 2 is 2.44 bits per heavy atom. The summed E-state index contributed by atoms with van der Waals surface area (Å²) in [6.45, 7) is 2.39. The number of rotatable bonds is 3. The van der Waals surface area contributed by atoms with E-state index in [4.69, 9.17) is 0 Å². The number of fused-ring (bicyclic) bond motifs is 1. The summed E-state index contributed by atoms with van der Waals surface area (Å²) in [5.41, 5.74) is 1.93. The third-order valence-electron chi connectivity index (χ3n) is 2.12. The van der Waals surface area contributed by atoms with Gasteiger partial charge < -0.3 is 10.3 Å². The van der Waals surface area contributed by atoms with Crippen molar-refractivity contribution < 1.29 is 4.79 Å². The normalized spacial score (nSPS) is 10.6. The van der Waals surface area contributed by atoms with Crippen LogP contribution in [0.5, 0.6) is 0 Å². The van der Waals surface area contributed by atoms with Crippen molar-refractivity contribution in [1.29, 1.82) is 0 Å². The maximum absolute atomic E-state index is 11.6. The number of amides is 1. The van der Waals surface area contributed by atoms with E-state index in [0.717, 1.165) is 11.3 Å². The fourth-order valence-electron chi connectivity index (χ4n) is 1.42. The minimum Gasteiger partial charge on any atom is -0.351 e. The highest BCUT2D eigenvalue weighted by Crippen LogP contribution is 2.10. The van der Waals surface area contributed by atoms with E-state index in [2.05, 4.69) is 32.9 Å². The summed E-state index contributed by atoms with van der Waals surface area (Å²) >= 11 is 4.02. The Morgan fingerprint density at radius 1 is 1.62 bits per heavy atom. The SMILES string of the molecule is Cc1nc2ncc(C(=O)NCCS)cc2[nH]1. The Kier molecular flexibility index (Phi) is 3.09. The van der Waals surface area contributed by atoms with E-state index in [-0.39, 0.29) is 5.91 Å². The van der Waals surface area contributed by atoms with Crippen LogP contribution in [-0.4, -0.2) is 33.2 Å². The second-order valence-electron chi connectivity index (χ2n) is 3.40. The van der Waals surface area contributed by atoms with Gasteiger partial charge in [-0.2, -0.15) is 12.6 Å². The van der Waals surface area contributed by atoms with Gasteiger partial charge in [-0.1, -0.05) is 0 Å². The predicted molar refractivity (Wildman–Crippen MR) is 64.8 cm³/mol. The Bertz CT molecular complexity index is 523. The molecule has 0 bridgehead atoms. The van der Waals surface area contributed by atoms with Crippen LogP contribution >= 0.6 is 12.6 Å². The van der Waals surface area contributed by atoms with Crippen LogP contribution in [0.25, 0.3) is 11.2 Å². The number of imidazole rings is 1. The van der Waals surface area contributed by atoms with E-state index in [9.17, 15) is 4.79 Å². The van der Waals surface area contributed by atoms with Gasteiger partial charge in [0.1, 0.15) is 5.82 Å². The number of thiol groups is 1. The molecule has 5 nitrogen and oxygen atoms in total. The second-order valence-corrected chi connectivity index (χ2v) is 3.84. The molecule has 1 amide bonds. The number of pyridine rings is 1. The smallest absolute Gasteiger partial charge is 0.252 e. The van der Waals surface area contributed by atoms with Gasteiger partial charge in [0, 0.05) is 18.5 Å². The minimum absolute atomic E-state index is 0.143. The lowest BCUT2D eigenvalue weighted by atomic mass is 10.2. The summed E-state index contributed by atoms with van der Waals surface area (Å²) in [5, 5.41) is 2.73. The molecule has 84 valence electrons. The number of carbonyl (C=O) groups excluding carboxylic acids is 1. The highest BCUT2D eigenvalue weighted by atomic mass is 32.1. The number of nitrogens with zero attached hydrogens (tertiary/aromatic N) is 2. The van der Waals surface area contributed by atoms with Crippen LogP contribution < -0.4 is 5.32 Å². The first-order chi connectivity index (χ1) is 7.70. The molecule has 0 spiro atoms. The van der Waals surface area contributed by atoms with E-state index in [0.29, 0.717) is 23.5 Å². The van der Waals surface area contributed by atoms with Gasteiger partial charge >= 0.3 is 0 Å². The number of nitrogens with one attached hydrogen (secondary N) is 2. The molecule has 0 aliphatic heterocycles. The van der Waals surface area contributed by atoms with Crippen molar-refractivity contribution in [2.24, 2.45) is 0 Å². The topological polar surface area (TPSA) is 70.7 Å². The number of aromatic nitrogens is 3. The number of hydrogen-bond donors (Lipinski definition) is 3. The molecule has 0 fully saturated rings. The molecule has 0 atom stereocenters. The molecular formula is C10H12N4OS. The molecule has 0 aliphatic carbocycles. The lowest BCUT2D eigenvalue weighted by molar-refractivity contribution is 0.0956. The van der Waals surface area contributed by atoms with Crippen molar-refractivity contribution >= 4 is 29.7 Å². The molecule has 16 heavy (non-hydrogen) atoms. The zero-order valence-electron chi connectivity index (χ0n) is 8.82. The average Bonchev–Trinajstić information content (AvgIpc) is 2.64. The number of hydrogen-bond acceptors (Lipinski definition) is 4. The molecule has 2 aromatic heterocycles. The lowest BCUT2D eigenvalue weighted by Gasteiger charge is -2.01. The predicted octanol–water partition coefficient (Wildman–Crippen LogP) is 0.926. The van der Waals surface area contributed by atoms with Crippen molar-refractivity contribution in [3.8, 4) is 0 Å². The van der Waals surface area contributed by atoms with Crippen LogP contribution in [-0.2, 0) is 0 Å². The Labute approximate surface area is 98.1 Å². The molecule has 2 aromatic rings. The largest absolute Gasteiger partial charge is 0.351 e. The first-order valence-corrected chi connectivity index (χ1v) is 5.55. The van der Waals surface area contributed by atoms with E-state index in [1.807, 2.05) is 6.92 Å². The first kappa shape index (κ1) is 10.9. The molecular weight excluding hydrogens is 224 g/mol. The highest BCUT2D eigenvalue weighted by molar-refractivity contribution is 7.80. The van der Waals surface area contributed by atoms with Crippen molar-refractivity contribution in [3.63, 3.8) is 0 Å². The average molecular weight is 236 g/mol. The van der Waals surface area contributed by atoms with Gasteiger partial charge in [-0.05, 0) is 13.0 Å². The molecule has 0 unspecified atom stereocenters. The highest BCUT2D eigenvalue weighted by Gasteiger charge is 2.08. The standard InChI is InChI=1S/C10H12N4OS/c1-6-13-8-4-7(5-12-9(8)14-6)10(15)11-2-3-16/h4-5,16H,2-3H2,1H3,(H,11,15)(H,12,13,14). The number of carbonyl (C=O) groups is 1. The summed E-state index contributed by atoms with van der Waals surface area (Å²) in [7, 11) is 0. The zero-order chi connectivity index (χ0) is 11.5. The molecule has 0 aromatic carbocycles. The monoisotopic (exact) mass is 236 g/mol. The van der Waals surface area contributed by atoms with Crippen LogP contribution in [0.3, 0.4) is 0 Å². The van der Waals surface area contributed by atoms with E-state index >= 15 is 0 Å². The Balaban J connectivity index is 2.28. The molecule has 0 radical (unpaired) electrons. The Morgan fingerprint density at radius 3 is 3.19 bits per heavy atom. The summed E-state index contributed by atoms with van der Waals surface area (Å²) in [5.74, 6) is 1.26. The number of H-pyrrole nitrogens is 1. The van der Waals surface area contributed by atoms with Gasteiger partial charge in [0.25, 0.3) is 5.91 Å². The van der Waals surface area contributed by atoms with Gasteiger partial charge in [0.05, 0.1) is 11.1 Å². The van der Waals surface area contributed by atoms with Crippen LogP contribution in [0.2, 0.25) is 0 Å². The number of aromatic amines is 1. The van der Waals surface area contributed by atoms with Crippen LogP contribution in [0.4, 0.5) is 0 Å². The zero-order valence-corrected chi connectivity index (χ0v) is 9.71. The fourth-order valence-corrected chi connectivity index (χ4v) is 1.53. The summed E-state index contributed by atoms with van der Waals surface area (Å²) < 4.78 is 0. The third-order valence-corrected chi connectivity index (χ3v) is 2.34. The summed E-state index contributed by atoms with van der Waals surface area (Å²) in [6.07, 6.45) is 1.52. The van der Waals surface area contributed by atoms with Crippen molar-refractivity contribution in [3.05, 3.63) is 23.7 Å². The molecule has 0 aliphatic rings. The van der Waals surface area contributed by atoms with Gasteiger partial charge in [0.2, 0.25) is 0 Å². The molecule has 0 saturated carbocycles. The van der Waals surface area contributed by atoms with Crippen molar-refractivity contribution in [2.45, 2.75) is 6.92 Å².